The fraction of sp³-hybridized carbons (Fsp3) is 0. The average molecular weight is 462 g/mol. The van der Waals surface area contributed by atoms with E-state index in [-0.39, 0.29) is 32.0 Å². The maximum atomic E-state index is 13.2. The van der Waals surface area contributed by atoms with Crippen LogP contribution in [0.4, 0.5) is 8.78 Å². The number of hydrogen-bond acceptors (Lipinski definition) is 4. The second kappa shape index (κ2) is 8.88. The second-order valence-electron chi connectivity index (χ2n) is 7.23. The molecule has 0 spiro atoms. The Morgan fingerprint density at radius 1 is 0.515 bits per heavy atom. The summed E-state index contributed by atoms with van der Waals surface area (Å²) < 4.78 is 52.7. The number of sulfone groups is 1. The first kappa shape index (κ1) is 22.2. The fourth-order valence-electron chi connectivity index (χ4n) is 3.28. The van der Waals surface area contributed by atoms with Crippen molar-refractivity contribution in [3.63, 3.8) is 0 Å². The predicted molar refractivity (Wildman–Crippen MR) is 118 cm³/mol. The summed E-state index contributed by atoms with van der Waals surface area (Å²) in [7, 11) is -4.05. The molecule has 4 aromatic rings. The first-order chi connectivity index (χ1) is 15.8. The molecule has 0 heterocycles. The van der Waals surface area contributed by atoms with Gasteiger partial charge in [-0.15, -0.1) is 0 Å². The molecule has 0 aromatic heterocycles. The van der Waals surface area contributed by atoms with Crippen LogP contribution in [0.2, 0.25) is 0 Å². The van der Waals surface area contributed by atoms with E-state index in [1.54, 1.807) is 0 Å². The molecule has 0 N–H and O–H groups in total. The summed E-state index contributed by atoms with van der Waals surface area (Å²) in [6, 6.07) is 20.9. The quantitative estimate of drug-likeness (QED) is 0.367. The van der Waals surface area contributed by atoms with E-state index in [1.807, 2.05) is 0 Å². The lowest BCUT2D eigenvalue weighted by molar-refractivity contribution is 0.103. The van der Waals surface area contributed by atoms with E-state index >= 15 is 0 Å². The van der Waals surface area contributed by atoms with E-state index in [4.69, 9.17) is 0 Å². The van der Waals surface area contributed by atoms with E-state index in [0.29, 0.717) is 0 Å². The van der Waals surface area contributed by atoms with E-state index < -0.39 is 33.0 Å². The zero-order valence-corrected chi connectivity index (χ0v) is 17.9. The predicted octanol–water partition coefficient (Wildman–Crippen LogP) is 5.26. The molecule has 0 radical (unpaired) electrons. The standard InChI is InChI=1S/C26H16F2O4S/c27-21-11-7-17(8-12-21)25(29)19-3-1-5-23(15-19)33(31,32)24-6-2-4-20(16-24)26(30)18-9-13-22(28)14-10-18/h1-16H. The van der Waals surface area contributed by atoms with Gasteiger partial charge in [0.05, 0.1) is 9.79 Å². The number of benzene rings is 4. The van der Waals surface area contributed by atoms with Crippen molar-refractivity contribution in [2.45, 2.75) is 9.79 Å². The van der Waals surface area contributed by atoms with Crippen molar-refractivity contribution in [3.05, 3.63) is 131 Å². The molecule has 0 bridgehead atoms. The number of carbonyl (C=O) groups is 2. The van der Waals surface area contributed by atoms with E-state index in [2.05, 4.69) is 0 Å². The molecule has 4 rings (SSSR count). The highest BCUT2D eigenvalue weighted by Gasteiger charge is 2.21. The maximum absolute atomic E-state index is 13.2. The third-order valence-electron chi connectivity index (χ3n) is 5.03. The SMILES string of the molecule is O=C(c1ccc(F)cc1)c1cccc(S(=O)(=O)c2cccc(C(=O)c3ccc(F)cc3)c2)c1. The molecule has 164 valence electrons. The molecule has 4 nitrogen and oxygen atoms in total. The van der Waals surface area contributed by atoms with Crippen molar-refractivity contribution < 1.29 is 26.8 Å². The van der Waals surface area contributed by atoms with Gasteiger partial charge in [-0.25, -0.2) is 17.2 Å². The van der Waals surface area contributed by atoms with Crippen molar-refractivity contribution in [1.29, 1.82) is 0 Å². The smallest absolute Gasteiger partial charge is 0.206 e. The van der Waals surface area contributed by atoms with Crippen LogP contribution in [0, 0.1) is 11.6 Å². The summed E-state index contributed by atoms with van der Waals surface area (Å²) in [5, 5.41) is 0. The number of halogens is 2. The van der Waals surface area contributed by atoms with E-state index in [9.17, 15) is 26.8 Å². The highest BCUT2D eigenvalue weighted by molar-refractivity contribution is 7.91. The summed E-state index contributed by atoms with van der Waals surface area (Å²) in [5.74, 6) is -1.88. The zero-order chi connectivity index (χ0) is 23.6. The van der Waals surface area contributed by atoms with Crippen LogP contribution in [0.5, 0.6) is 0 Å². The minimum atomic E-state index is -4.05. The highest BCUT2D eigenvalue weighted by atomic mass is 32.2. The Morgan fingerprint density at radius 2 is 0.879 bits per heavy atom. The molecule has 7 heteroatoms. The van der Waals surface area contributed by atoms with Gasteiger partial charge in [-0.05, 0) is 72.8 Å². The molecular weight excluding hydrogens is 446 g/mol. The molecule has 4 aromatic carbocycles. The van der Waals surface area contributed by atoms with Crippen LogP contribution in [0.1, 0.15) is 31.8 Å². The van der Waals surface area contributed by atoms with Crippen LogP contribution < -0.4 is 0 Å². The van der Waals surface area contributed by atoms with Crippen LogP contribution in [-0.4, -0.2) is 20.0 Å². The third kappa shape index (κ3) is 4.63. The summed E-state index contributed by atoms with van der Waals surface area (Å²) in [5.41, 5.74) is 0.693. The third-order valence-corrected chi connectivity index (χ3v) is 6.77. The molecular formula is C26H16F2O4S. The zero-order valence-electron chi connectivity index (χ0n) is 17.0. The Bertz CT molecular complexity index is 1350. The van der Waals surface area contributed by atoms with Crippen LogP contribution in [-0.2, 0) is 9.84 Å². The molecule has 0 atom stereocenters. The lowest BCUT2D eigenvalue weighted by atomic mass is 10.0. The molecule has 0 aliphatic rings. The van der Waals surface area contributed by atoms with Gasteiger partial charge in [-0.1, -0.05) is 24.3 Å². The Morgan fingerprint density at radius 3 is 1.24 bits per heavy atom. The van der Waals surface area contributed by atoms with Crippen LogP contribution in [0.3, 0.4) is 0 Å². The van der Waals surface area contributed by atoms with Crippen LogP contribution in [0.15, 0.2) is 107 Å². The Kier molecular flexibility index (Phi) is 5.98. The van der Waals surface area contributed by atoms with Gasteiger partial charge >= 0.3 is 0 Å². The molecule has 33 heavy (non-hydrogen) atoms. The van der Waals surface area contributed by atoms with Crippen LogP contribution in [0.25, 0.3) is 0 Å². The van der Waals surface area contributed by atoms with E-state index in [0.717, 1.165) is 24.3 Å². The molecule has 0 amide bonds. The summed E-state index contributed by atoms with van der Waals surface area (Å²) in [6.45, 7) is 0. The molecule has 0 aliphatic carbocycles. The van der Waals surface area contributed by atoms with Gasteiger partial charge in [0.1, 0.15) is 11.6 Å². The number of hydrogen-bond donors (Lipinski definition) is 0. The highest BCUT2D eigenvalue weighted by Crippen LogP contribution is 2.24. The summed E-state index contributed by atoms with van der Waals surface area (Å²) in [4.78, 5) is 25.2. The minimum absolute atomic E-state index is 0.123. The van der Waals surface area contributed by atoms with Crippen molar-refractivity contribution in [1.82, 2.24) is 0 Å². The lowest BCUT2D eigenvalue weighted by Crippen LogP contribution is -2.08. The molecule has 0 saturated heterocycles. The van der Waals surface area contributed by atoms with Gasteiger partial charge in [0, 0.05) is 22.3 Å². The van der Waals surface area contributed by atoms with Gasteiger partial charge < -0.3 is 0 Å². The van der Waals surface area contributed by atoms with Gasteiger partial charge in [-0.2, -0.15) is 0 Å². The maximum Gasteiger partial charge on any atom is 0.206 e. The Labute approximate surface area is 189 Å². The van der Waals surface area contributed by atoms with Crippen molar-refractivity contribution >= 4 is 21.4 Å². The molecule has 0 fully saturated rings. The van der Waals surface area contributed by atoms with Gasteiger partial charge in [0.15, 0.2) is 11.6 Å². The summed E-state index contributed by atoms with van der Waals surface area (Å²) >= 11 is 0. The number of rotatable bonds is 6. The first-order valence-corrected chi connectivity index (χ1v) is 11.3. The largest absolute Gasteiger partial charge is 0.289 e. The van der Waals surface area contributed by atoms with E-state index in [1.165, 1.54) is 72.8 Å². The second-order valence-corrected chi connectivity index (χ2v) is 9.18. The average Bonchev–Trinajstić information content (AvgIpc) is 2.84. The van der Waals surface area contributed by atoms with Gasteiger partial charge in [0.2, 0.25) is 9.84 Å². The topological polar surface area (TPSA) is 68.3 Å². The van der Waals surface area contributed by atoms with Crippen molar-refractivity contribution in [3.8, 4) is 0 Å². The lowest BCUT2D eigenvalue weighted by Gasteiger charge is -2.09. The number of ketones is 2. The molecule has 0 aliphatic heterocycles. The molecule has 0 saturated carbocycles. The Hall–Kier alpha value is -3.97. The van der Waals surface area contributed by atoms with Crippen LogP contribution >= 0.6 is 0 Å². The van der Waals surface area contributed by atoms with Crippen molar-refractivity contribution in [2.75, 3.05) is 0 Å². The molecule has 0 unspecified atom stereocenters. The summed E-state index contributed by atoms with van der Waals surface area (Å²) in [6.07, 6.45) is 0. The normalized spacial score (nSPS) is 11.2. The van der Waals surface area contributed by atoms with Crippen molar-refractivity contribution in [2.24, 2.45) is 0 Å². The fourth-order valence-corrected chi connectivity index (χ4v) is 4.63. The minimum Gasteiger partial charge on any atom is -0.289 e. The monoisotopic (exact) mass is 462 g/mol. The van der Waals surface area contributed by atoms with Gasteiger partial charge in [0.25, 0.3) is 0 Å². The number of carbonyl (C=O) groups excluding carboxylic acids is 2. The van der Waals surface area contributed by atoms with Gasteiger partial charge in [-0.3, -0.25) is 9.59 Å². The Balaban J connectivity index is 1.68. The first-order valence-electron chi connectivity index (χ1n) is 9.81.